The van der Waals surface area contributed by atoms with Gasteiger partial charge in [0, 0.05) is 26.4 Å². The summed E-state index contributed by atoms with van der Waals surface area (Å²) in [6.45, 7) is 10.8. The monoisotopic (exact) mass is 276 g/mol. The summed E-state index contributed by atoms with van der Waals surface area (Å²) in [5.74, 6) is 0. The summed E-state index contributed by atoms with van der Waals surface area (Å²) in [5, 5.41) is 0. The average molecular weight is 276 g/mol. The quantitative estimate of drug-likeness (QED) is 0.421. The number of unbranched alkanes of at least 4 members (excludes halogenated alkanes) is 1. The van der Waals surface area contributed by atoms with Gasteiger partial charge in [-0.1, -0.05) is 19.6 Å². The summed E-state index contributed by atoms with van der Waals surface area (Å²) in [6, 6.07) is 0. The van der Waals surface area contributed by atoms with Crippen LogP contribution in [0.5, 0.6) is 0 Å². The van der Waals surface area contributed by atoms with Crippen LogP contribution >= 0.6 is 0 Å². The van der Waals surface area contributed by atoms with Gasteiger partial charge in [-0.15, -0.1) is 0 Å². The Morgan fingerprint density at radius 1 is 0.889 bits per heavy atom. The van der Waals surface area contributed by atoms with Gasteiger partial charge in [0.1, 0.15) is 0 Å². The first-order chi connectivity index (χ1) is 8.48. The summed E-state index contributed by atoms with van der Waals surface area (Å²) in [7, 11) is -1.19. The summed E-state index contributed by atoms with van der Waals surface area (Å²) in [6.07, 6.45) is 4.06. The molecule has 0 aliphatic heterocycles. The molecule has 0 amide bonds. The van der Waals surface area contributed by atoms with Gasteiger partial charge in [0.05, 0.1) is 8.07 Å². The highest BCUT2D eigenvalue weighted by Crippen LogP contribution is 2.08. The Hall–Kier alpha value is 0.0569. The van der Waals surface area contributed by atoms with Crippen molar-refractivity contribution in [2.24, 2.45) is 11.5 Å². The SMILES string of the molecule is C[Si](C)(C)C(N)CCOCCCCOCCCN. The van der Waals surface area contributed by atoms with Crippen molar-refractivity contribution in [3.8, 4) is 0 Å². The minimum atomic E-state index is -1.19. The van der Waals surface area contributed by atoms with Gasteiger partial charge in [-0.05, 0) is 37.9 Å². The molecule has 4 N–H and O–H groups in total. The van der Waals surface area contributed by atoms with E-state index in [0.29, 0.717) is 12.2 Å². The van der Waals surface area contributed by atoms with Gasteiger partial charge in [-0.25, -0.2) is 0 Å². The molecule has 0 aromatic heterocycles. The molecule has 0 aliphatic carbocycles. The maximum absolute atomic E-state index is 6.11. The van der Waals surface area contributed by atoms with Gasteiger partial charge < -0.3 is 20.9 Å². The van der Waals surface area contributed by atoms with Gasteiger partial charge in [0.25, 0.3) is 0 Å². The van der Waals surface area contributed by atoms with E-state index in [4.69, 9.17) is 20.9 Å². The van der Waals surface area contributed by atoms with E-state index in [-0.39, 0.29) is 0 Å². The van der Waals surface area contributed by atoms with Crippen LogP contribution in [0.25, 0.3) is 0 Å². The lowest BCUT2D eigenvalue weighted by Crippen LogP contribution is -2.45. The van der Waals surface area contributed by atoms with Crippen LogP contribution < -0.4 is 11.5 Å². The van der Waals surface area contributed by atoms with Crippen LogP contribution in [0, 0.1) is 0 Å². The number of ether oxygens (including phenoxy) is 2. The molecule has 4 nitrogen and oxygen atoms in total. The molecule has 0 bridgehead atoms. The van der Waals surface area contributed by atoms with Crippen LogP contribution in [0.15, 0.2) is 0 Å². The van der Waals surface area contributed by atoms with E-state index in [9.17, 15) is 0 Å². The van der Waals surface area contributed by atoms with Crippen molar-refractivity contribution in [1.82, 2.24) is 0 Å². The molecule has 0 heterocycles. The molecule has 0 aromatic carbocycles. The lowest BCUT2D eigenvalue weighted by Gasteiger charge is -2.24. The third kappa shape index (κ3) is 11.2. The minimum Gasteiger partial charge on any atom is -0.381 e. The van der Waals surface area contributed by atoms with E-state index in [2.05, 4.69) is 19.6 Å². The fourth-order valence-corrected chi connectivity index (χ4v) is 2.42. The third-order valence-electron chi connectivity index (χ3n) is 3.01. The van der Waals surface area contributed by atoms with Crippen LogP contribution in [-0.2, 0) is 9.47 Å². The van der Waals surface area contributed by atoms with Crippen LogP contribution in [0.4, 0.5) is 0 Å². The van der Waals surface area contributed by atoms with E-state index in [1.807, 2.05) is 0 Å². The Labute approximate surface area is 113 Å². The summed E-state index contributed by atoms with van der Waals surface area (Å²) >= 11 is 0. The van der Waals surface area contributed by atoms with Crippen LogP contribution in [-0.4, -0.2) is 46.7 Å². The van der Waals surface area contributed by atoms with E-state index < -0.39 is 8.07 Å². The van der Waals surface area contributed by atoms with Crippen molar-refractivity contribution in [3.63, 3.8) is 0 Å². The third-order valence-corrected chi connectivity index (χ3v) is 5.52. The second-order valence-electron chi connectivity index (χ2n) is 5.84. The van der Waals surface area contributed by atoms with Crippen molar-refractivity contribution in [1.29, 1.82) is 0 Å². The van der Waals surface area contributed by atoms with Gasteiger partial charge in [-0.2, -0.15) is 0 Å². The molecule has 0 fully saturated rings. The second kappa shape index (κ2) is 10.9. The number of nitrogens with two attached hydrogens (primary N) is 2. The van der Waals surface area contributed by atoms with Gasteiger partial charge in [0.2, 0.25) is 0 Å². The van der Waals surface area contributed by atoms with Gasteiger partial charge in [0.15, 0.2) is 0 Å². The van der Waals surface area contributed by atoms with Crippen molar-refractivity contribution in [2.45, 2.75) is 51.0 Å². The molecule has 0 aromatic rings. The lowest BCUT2D eigenvalue weighted by atomic mass is 10.3. The highest BCUT2D eigenvalue weighted by Gasteiger charge is 2.22. The Kier molecular flexibility index (Phi) is 11.0. The van der Waals surface area contributed by atoms with E-state index >= 15 is 0 Å². The van der Waals surface area contributed by atoms with Crippen LogP contribution in [0.3, 0.4) is 0 Å². The van der Waals surface area contributed by atoms with Crippen molar-refractivity contribution >= 4 is 8.07 Å². The molecule has 0 aliphatic rings. The zero-order chi connectivity index (χ0) is 13.9. The minimum absolute atomic E-state index is 0.345. The molecule has 1 atom stereocenters. The molecule has 0 radical (unpaired) electrons. The Morgan fingerprint density at radius 3 is 1.89 bits per heavy atom. The molecule has 5 heteroatoms. The normalized spacial score (nSPS) is 13.8. The number of hydrogen-bond acceptors (Lipinski definition) is 4. The second-order valence-corrected chi connectivity index (χ2v) is 11.3. The predicted molar refractivity (Wildman–Crippen MR) is 80.5 cm³/mol. The molecular formula is C13H32N2O2Si. The van der Waals surface area contributed by atoms with Gasteiger partial charge in [-0.3, -0.25) is 0 Å². The standard InChI is InChI=1S/C13H32N2O2Si/c1-18(2,3)13(15)7-12-17-10-5-4-9-16-11-6-8-14/h13H,4-12,14-15H2,1-3H3. The van der Waals surface area contributed by atoms with Gasteiger partial charge >= 0.3 is 0 Å². The molecular weight excluding hydrogens is 244 g/mol. The zero-order valence-electron chi connectivity index (χ0n) is 12.4. The maximum atomic E-state index is 6.11. The Balaban J connectivity index is 3.17. The molecule has 0 saturated carbocycles. The maximum Gasteiger partial charge on any atom is 0.0633 e. The Bertz CT molecular complexity index is 186. The Morgan fingerprint density at radius 2 is 1.39 bits per heavy atom. The smallest absolute Gasteiger partial charge is 0.0633 e. The van der Waals surface area contributed by atoms with Crippen molar-refractivity contribution in [2.75, 3.05) is 33.0 Å². The van der Waals surface area contributed by atoms with Crippen molar-refractivity contribution in [3.05, 3.63) is 0 Å². The largest absolute Gasteiger partial charge is 0.381 e. The first kappa shape index (κ1) is 18.1. The fraction of sp³-hybridized carbons (Fsp3) is 1.00. The first-order valence-electron chi connectivity index (χ1n) is 7.09. The summed E-state index contributed by atoms with van der Waals surface area (Å²) in [4.78, 5) is 0. The number of hydrogen-bond donors (Lipinski definition) is 2. The molecule has 1 unspecified atom stereocenters. The van der Waals surface area contributed by atoms with E-state index in [0.717, 1.165) is 52.1 Å². The molecule has 0 spiro atoms. The first-order valence-corrected chi connectivity index (χ1v) is 10.7. The van der Waals surface area contributed by atoms with E-state index in [1.165, 1.54) is 0 Å². The number of rotatable bonds is 12. The molecule has 18 heavy (non-hydrogen) atoms. The topological polar surface area (TPSA) is 70.5 Å². The zero-order valence-corrected chi connectivity index (χ0v) is 13.4. The molecule has 110 valence electrons. The lowest BCUT2D eigenvalue weighted by molar-refractivity contribution is 0.101. The molecule has 0 saturated heterocycles. The molecule has 0 rings (SSSR count). The average Bonchev–Trinajstić information content (AvgIpc) is 2.30. The summed E-state index contributed by atoms with van der Waals surface area (Å²) in [5.41, 5.74) is 11.8. The highest BCUT2D eigenvalue weighted by atomic mass is 28.3. The van der Waals surface area contributed by atoms with Crippen molar-refractivity contribution < 1.29 is 9.47 Å². The highest BCUT2D eigenvalue weighted by molar-refractivity contribution is 6.77. The fourth-order valence-electron chi connectivity index (χ4n) is 1.44. The predicted octanol–water partition coefficient (Wildman–Crippen LogP) is 1.74. The summed E-state index contributed by atoms with van der Waals surface area (Å²) < 4.78 is 11.0. The van der Waals surface area contributed by atoms with Crippen LogP contribution in [0.2, 0.25) is 19.6 Å². The van der Waals surface area contributed by atoms with Crippen LogP contribution in [0.1, 0.15) is 25.7 Å². The van der Waals surface area contributed by atoms with E-state index in [1.54, 1.807) is 0 Å².